The topological polar surface area (TPSA) is 80.7 Å². The molecule has 1 amide bonds. The van der Waals surface area contributed by atoms with Gasteiger partial charge in [0.2, 0.25) is 5.95 Å². The van der Waals surface area contributed by atoms with Gasteiger partial charge in [-0.3, -0.25) is 4.79 Å². The van der Waals surface area contributed by atoms with E-state index in [-0.39, 0.29) is 5.91 Å². The predicted octanol–water partition coefficient (Wildman–Crippen LogP) is 2.58. The van der Waals surface area contributed by atoms with Crippen molar-refractivity contribution in [3.05, 3.63) is 47.7 Å². The van der Waals surface area contributed by atoms with Gasteiger partial charge < -0.3 is 19.3 Å². The van der Waals surface area contributed by atoms with Crippen LogP contribution in [0.1, 0.15) is 10.5 Å². The molecule has 0 atom stereocenters. The number of piperazine rings is 1. The fraction of sp³-hybridized carbons (Fsp3) is 0.300. The fourth-order valence-electron chi connectivity index (χ4n) is 3.20. The predicted molar refractivity (Wildman–Crippen MR) is 111 cm³/mol. The first-order chi connectivity index (χ1) is 14.2. The Morgan fingerprint density at radius 2 is 1.76 bits per heavy atom. The van der Waals surface area contributed by atoms with Crippen LogP contribution >= 0.6 is 11.3 Å². The summed E-state index contributed by atoms with van der Waals surface area (Å²) in [6.07, 6.45) is 3.45. The molecule has 3 heterocycles. The highest BCUT2D eigenvalue weighted by molar-refractivity contribution is 7.13. The smallest absolute Gasteiger partial charge is 0.273 e. The fourth-order valence-corrected chi connectivity index (χ4v) is 3.99. The molecule has 1 aliphatic rings. The normalized spacial score (nSPS) is 14.0. The molecule has 0 saturated carbocycles. The molecular formula is C20H21N5O3S. The van der Waals surface area contributed by atoms with E-state index in [0.29, 0.717) is 49.3 Å². The van der Waals surface area contributed by atoms with E-state index in [0.717, 1.165) is 10.6 Å². The molecule has 3 aromatic rings. The number of nitrogens with zero attached hydrogens (tertiary/aromatic N) is 5. The quantitative estimate of drug-likeness (QED) is 0.638. The molecule has 1 aromatic carbocycles. The van der Waals surface area contributed by atoms with Gasteiger partial charge >= 0.3 is 0 Å². The number of ether oxygens (including phenoxy) is 2. The number of methoxy groups -OCH3 is 2. The van der Waals surface area contributed by atoms with E-state index in [1.54, 1.807) is 38.1 Å². The van der Waals surface area contributed by atoms with E-state index in [1.165, 1.54) is 11.3 Å². The van der Waals surface area contributed by atoms with Crippen LogP contribution in [0.25, 0.3) is 10.6 Å². The minimum absolute atomic E-state index is 0.0541. The Hall–Kier alpha value is -3.20. The van der Waals surface area contributed by atoms with Crippen LogP contribution in [0, 0.1) is 0 Å². The van der Waals surface area contributed by atoms with Crippen LogP contribution in [0.3, 0.4) is 0 Å². The summed E-state index contributed by atoms with van der Waals surface area (Å²) in [7, 11) is 3.19. The number of rotatable bonds is 5. The number of benzene rings is 1. The van der Waals surface area contributed by atoms with Crippen molar-refractivity contribution in [2.24, 2.45) is 0 Å². The summed E-state index contributed by atoms with van der Waals surface area (Å²) in [5.41, 5.74) is 1.35. The van der Waals surface area contributed by atoms with Crippen LogP contribution in [0.15, 0.2) is 42.0 Å². The van der Waals surface area contributed by atoms with Gasteiger partial charge in [0.05, 0.1) is 14.2 Å². The molecule has 2 aromatic heterocycles. The highest BCUT2D eigenvalue weighted by atomic mass is 32.1. The number of amides is 1. The molecule has 1 fully saturated rings. The first-order valence-corrected chi connectivity index (χ1v) is 10.1. The maximum absolute atomic E-state index is 12.9. The number of carbonyl (C=O) groups is 1. The Balaban J connectivity index is 1.44. The molecule has 9 heteroatoms. The van der Waals surface area contributed by atoms with E-state index >= 15 is 0 Å². The lowest BCUT2D eigenvalue weighted by Crippen LogP contribution is -2.49. The van der Waals surface area contributed by atoms with Crippen LogP contribution in [0.4, 0.5) is 5.95 Å². The summed E-state index contributed by atoms with van der Waals surface area (Å²) >= 11 is 1.44. The number of aromatic nitrogens is 3. The van der Waals surface area contributed by atoms with Crippen LogP contribution in [0.2, 0.25) is 0 Å². The van der Waals surface area contributed by atoms with E-state index in [2.05, 4.69) is 19.9 Å². The third-order valence-electron chi connectivity index (χ3n) is 4.76. The zero-order chi connectivity index (χ0) is 20.2. The van der Waals surface area contributed by atoms with E-state index in [9.17, 15) is 4.79 Å². The van der Waals surface area contributed by atoms with Crippen molar-refractivity contribution in [1.82, 2.24) is 19.9 Å². The summed E-state index contributed by atoms with van der Waals surface area (Å²) < 4.78 is 10.6. The van der Waals surface area contributed by atoms with Crippen molar-refractivity contribution in [2.75, 3.05) is 45.3 Å². The Morgan fingerprint density at radius 1 is 1.03 bits per heavy atom. The molecule has 0 radical (unpaired) electrons. The van der Waals surface area contributed by atoms with E-state index in [4.69, 9.17) is 9.47 Å². The highest BCUT2D eigenvalue weighted by Crippen LogP contribution is 2.33. The van der Waals surface area contributed by atoms with Crippen LogP contribution in [-0.2, 0) is 0 Å². The van der Waals surface area contributed by atoms with E-state index in [1.807, 2.05) is 23.1 Å². The van der Waals surface area contributed by atoms with E-state index < -0.39 is 0 Å². The molecule has 0 spiro atoms. The monoisotopic (exact) mass is 411 g/mol. The van der Waals surface area contributed by atoms with Crippen molar-refractivity contribution in [2.45, 2.75) is 0 Å². The molecule has 29 heavy (non-hydrogen) atoms. The number of anilines is 1. The molecule has 8 nitrogen and oxygen atoms in total. The summed E-state index contributed by atoms with van der Waals surface area (Å²) in [5.74, 6) is 1.93. The maximum Gasteiger partial charge on any atom is 0.273 e. The van der Waals surface area contributed by atoms with Gasteiger partial charge in [0.1, 0.15) is 10.7 Å². The van der Waals surface area contributed by atoms with Crippen molar-refractivity contribution in [3.63, 3.8) is 0 Å². The molecule has 0 aliphatic carbocycles. The largest absolute Gasteiger partial charge is 0.493 e. The zero-order valence-electron chi connectivity index (χ0n) is 16.2. The van der Waals surface area contributed by atoms with Crippen molar-refractivity contribution < 1.29 is 14.3 Å². The standard InChI is InChI=1S/C20H21N5O3S/c1-27-16-5-4-14(12-17(16)28-2)18-23-15(13-29-18)19(26)24-8-10-25(11-9-24)20-21-6-3-7-22-20/h3-7,12-13H,8-11H2,1-2H3. The Kier molecular flexibility index (Phi) is 5.57. The summed E-state index contributed by atoms with van der Waals surface area (Å²) in [6.45, 7) is 2.62. The molecule has 150 valence electrons. The minimum atomic E-state index is -0.0541. The Labute approximate surface area is 172 Å². The van der Waals surface area contributed by atoms with Crippen LogP contribution < -0.4 is 14.4 Å². The highest BCUT2D eigenvalue weighted by Gasteiger charge is 2.25. The lowest BCUT2D eigenvalue weighted by molar-refractivity contribution is 0.0741. The van der Waals surface area contributed by atoms with Gasteiger partial charge in [0.25, 0.3) is 5.91 Å². The molecular weight excluding hydrogens is 390 g/mol. The summed E-state index contributed by atoms with van der Waals surface area (Å²) in [5, 5.41) is 2.58. The summed E-state index contributed by atoms with van der Waals surface area (Å²) in [4.78, 5) is 29.9. The third kappa shape index (κ3) is 4.00. The maximum atomic E-state index is 12.9. The average molecular weight is 411 g/mol. The third-order valence-corrected chi connectivity index (χ3v) is 5.65. The van der Waals surface area contributed by atoms with Crippen LogP contribution in [0.5, 0.6) is 11.5 Å². The Bertz CT molecular complexity index is 987. The average Bonchev–Trinajstić information content (AvgIpc) is 3.29. The van der Waals surface area contributed by atoms with Gasteiger partial charge in [-0.2, -0.15) is 0 Å². The van der Waals surface area contributed by atoms with Crippen LogP contribution in [-0.4, -0.2) is 66.2 Å². The molecule has 0 unspecified atom stereocenters. The van der Waals surface area contributed by atoms with Gasteiger partial charge in [-0.25, -0.2) is 15.0 Å². The van der Waals surface area contributed by atoms with Gasteiger partial charge in [-0.15, -0.1) is 11.3 Å². The lowest BCUT2D eigenvalue weighted by Gasteiger charge is -2.34. The molecule has 0 bridgehead atoms. The Morgan fingerprint density at radius 3 is 2.45 bits per heavy atom. The number of hydrogen-bond donors (Lipinski definition) is 0. The first-order valence-electron chi connectivity index (χ1n) is 9.19. The van der Waals surface area contributed by atoms with Gasteiger partial charge in [-0.1, -0.05) is 0 Å². The lowest BCUT2D eigenvalue weighted by atomic mass is 10.2. The van der Waals surface area contributed by atoms with Gasteiger partial charge in [0.15, 0.2) is 11.5 Å². The van der Waals surface area contributed by atoms with Crippen molar-refractivity contribution in [3.8, 4) is 22.1 Å². The molecule has 1 aliphatic heterocycles. The second-order valence-corrected chi connectivity index (χ2v) is 7.29. The number of hydrogen-bond acceptors (Lipinski definition) is 8. The minimum Gasteiger partial charge on any atom is -0.493 e. The number of carbonyl (C=O) groups excluding carboxylic acids is 1. The molecule has 0 N–H and O–H groups in total. The van der Waals surface area contributed by atoms with Crippen molar-refractivity contribution in [1.29, 1.82) is 0 Å². The molecule has 4 rings (SSSR count). The molecule has 1 saturated heterocycles. The zero-order valence-corrected chi connectivity index (χ0v) is 17.1. The summed E-state index contributed by atoms with van der Waals surface area (Å²) in [6, 6.07) is 7.40. The number of thiazole rings is 1. The second-order valence-electron chi connectivity index (χ2n) is 6.44. The SMILES string of the molecule is COc1ccc(-c2nc(C(=O)N3CCN(c4ncccn4)CC3)cs2)cc1OC. The van der Waals surface area contributed by atoms with Gasteiger partial charge in [0, 0.05) is 49.5 Å². The second kappa shape index (κ2) is 8.44. The van der Waals surface area contributed by atoms with Crippen molar-refractivity contribution >= 4 is 23.2 Å². The first kappa shape index (κ1) is 19.1. The van der Waals surface area contributed by atoms with Gasteiger partial charge in [-0.05, 0) is 24.3 Å².